The fraction of sp³-hybridized carbons (Fsp3) is 0.125. The lowest BCUT2D eigenvalue weighted by atomic mass is 10.2. The van der Waals surface area contributed by atoms with Gasteiger partial charge < -0.3 is 9.84 Å². The number of halogens is 3. The molecule has 0 heterocycles. The van der Waals surface area contributed by atoms with Gasteiger partial charge in [0, 0.05) is 0 Å². The van der Waals surface area contributed by atoms with Crippen LogP contribution in [0.5, 0.6) is 5.75 Å². The summed E-state index contributed by atoms with van der Waals surface area (Å²) in [5, 5.41) is 8.58. The number of aromatic carboxylic acids is 1. The maximum absolute atomic E-state index is 11.8. The normalized spacial score (nSPS) is 10.3. The van der Waals surface area contributed by atoms with Crippen LogP contribution in [0.25, 0.3) is 0 Å². The summed E-state index contributed by atoms with van der Waals surface area (Å²) in [6.07, 6.45) is 0. The van der Waals surface area contributed by atoms with Crippen molar-refractivity contribution >= 4 is 21.9 Å². The second-order valence-electron chi connectivity index (χ2n) is 2.33. The van der Waals surface area contributed by atoms with Crippen molar-refractivity contribution in [2.24, 2.45) is 0 Å². The zero-order valence-electron chi connectivity index (χ0n) is 6.71. The van der Waals surface area contributed by atoms with E-state index in [9.17, 15) is 13.6 Å². The molecule has 0 atom stereocenters. The van der Waals surface area contributed by atoms with Crippen molar-refractivity contribution in [3.8, 4) is 5.75 Å². The minimum absolute atomic E-state index is 0.108. The quantitative estimate of drug-likeness (QED) is 0.915. The molecule has 1 aromatic carbocycles. The van der Waals surface area contributed by atoms with E-state index >= 15 is 0 Å². The van der Waals surface area contributed by atoms with E-state index in [0.717, 1.165) is 6.07 Å². The van der Waals surface area contributed by atoms with Crippen LogP contribution in [0.4, 0.5) is 8.78 Å². The number of carboxylic acids is 1. The molecule has 0 aliphatic rings. The third kappa shape index (κ3) is 2.66. The lowest BCUT2D eigenvalue weighted by Gasteiger charge is -2.06. The van der Waals surface area contributed by atoms with Crippen LogP contribution in [0.15, 0.2) is 22.7 Å². The number of alkyl halides is 2. The summed E-state index contributed by atoms with van der Waals surface area (Å²) in [5.41, 5.74) is -0.108. The number of hydrogen-bond acceptors (Lipinski definition) is 2. The van der Waals surface area contributed by atoms with Crippen LogP contribution >= 0.6 is 15.9 Å². The van der Waals surface area contributed by atoms with E-state index in [1.165, 1.54) is 12.1 Å². The van der Waals surface area contributed by atoms with Crippen LogP contribution in [0.2, 0.25) is 0 Å². The van der Waals surface area contributed by atoms with Crippen molar-refractivity contribution in [3.05, 3.63) is 28.2 Å². The highest BCUT2D eigenvalue weighted by atomic mass is 79.9. The maximum Gasteiger partial charge on any atom is 0.387 e. The Labute approximate surface area is 86.4 Å². The number of ether oxygens (including phenoxy) is 1. The van der Waals surface area contributed by atoms with Gasteiger partial charge in [0.2, 0.25) is 0 Å². The van der Waals surface area contributed by atoms with Gasteiger partial charge >= 0.3 is 12.6 Å². The van der Waals surface area contributed by atoms with Crippen LogP contribution < -0.4 is 4.74 Å². The van der Waals surface area contributed by atoms with Gasteiger partial charge in [0.05, 0.1) is 10.0 Å². The van der Waals surface area contributed by atoms with Crippen molar-refractivity contribution < 1.29 is 23.4 Å². The van der Waals surface area contributed by atoms with E-state index in [-0.39, 0.29) is 15.8 Å². The summed E-state index contributed by atoms with van der Waals surface area (Å²) in [5.74, 6) is -1.39. The molecule has 0 saturated heterocycles. The lowest BCUT2D eigenvalue weighted by Crippen LogP contribution is -2.04. The summed E-state index contributed by atoms with van der Waals surface area (Å²) in [4.78, 5) is 10.5. The zero-order chi connectivity index (χ0) is 10.7. The van der Waals surface area contributed by atoms with Crippen molar-refractivity contribution in [2.75, 3.05) is 0 Å². The van der Waals surface area contributed by atoms with Crippen molar-refractivity contribution in [1.82, 2.24) is 0 Å². The Hall–Kier alpha value is -1.17. The fourth-order valence-electron chi connectivity index (χ4n) is 0.823. The molecule has 1 rings (SSSR count). The molecule has 14 heavy (non-hydrogen) atoms. The first kappa shape index (κ1) is 10.9. The highest BCUT2D eigenvalue weighted by molar-refractivity contribution is 9.10. The Bertz CT molecular complexity index is 354. The van der Waals surface area contributed by atoms with Gasteiger partial charge in [0.1, 0.15) is 5.75 Å². The highest BCUT2D eigenvalue weighted by Gasteiger charge is 2.11. The van der Waals surface area contributed by atoms with E-state index in [0.29, 0.717) is 0 Å². The first-order chi connectivity index (χ1) is 6.50. The summed E-state index contributed by atoms with van der Waals surface area (Å²) < 4.78 is 28.1. The minimum atomic E-state index is -2.98. The molecule has 0 amide bonds. The van der Waals surface area contributed by atoms with Gasteiger partial charge in [0.25, 0.3) is 0 Å². The smallest absolute Gasteiger partial charge is 0.387 e. The SMILES string of the molecule is O=C(O)c1ccc(Br)c(OC(F)F)c1. The molecule has 0 radical (unpaired) electrons. The molecule has 1 aromatic rings. The molecule has 76 valence electrons. The van der Waals surface area contributed by atoms with Crippen molar-refractivity contribution in [2.45, 2.75) is 6.61 Å². The topological polar surface area (TPSA) is 46.5 Å². The van der Waals surface area contributed by atoms with Gasteiger partial charge in [-0.3, -0.25) is 0 Å². The van der Waals surface area contributed by atoms with Gasteiger partial charge in [-0.15, -0.1) is 0 Å². The van der Waals surface area contributed by atoms with E-state index in [1.54, 1.807) is 0 Å². The fourth-order valence-corrected chi connectivity index (χ4v) is 1.16. The average Bonchev–Trinajstić information content (AvgIpc) is 2.07. The van der Waals surface area contributed by atoms with Gasteiger partial charge in [-0.2, -0.15) is 8.78 Å². The number of rotatable bonds is 3. The first-order valence-electron chi connectivity index (χ1n) is 3.48. The maximum atomic E-state index is 11.8. The van der Waals surface area contributed by atoms with E-state index < -0.39 is 12.6 Å². The average molecular weight is 267 g/mol. The Morgan fingerprint density at radius 3 is 2.64 bits per heavy atom. The lowest BCUT2D eigenvalue weighted by molar-refractivity contribution is -0.0504. The van der Waals surface area contributed by atoms with Gasteiger partial charge in [-0.1, -0.05) is 0 Å². The Kier molecular flexibility index (Phi) is 3.40. The second kappa shape index (κ2) is 4.36. The van der Waals surface area contributed by atoms with Crippen LogP contribution in [0.3, 0.4) is 0 Å². The van der Waals surface area contributed by atoms with Crippen LogP contribution in [-0.2, 0) is 0 Å². The summed E-state index contributed by atoms with van der Waals surface area (Å²) >= 11 is 2.96. The van der Waals surface area contributed by atoms with Crippen molar-refractivity contribution in [3.63, 3.8) is 0 Å². The molecule has 0 fully saturated rings. The third-order valence-corrected chi connectivity index (χ3v) is 2.05. The number of carbonyl (C=O) groups is 1. The Morgan fingerprint density at radius 1 is 1.50 bits per heavy atom. The highest BCUT2D eigenvalue weighted by Crippen LogP contribution is 2.27. The number of hydrogen-bond donors (Lipinski definition) is 1. The van der Waals surface area contributed by atoms with E-state index in [4.69, 9.17) is 5.11 Å². The van der Waals surface area contributed by atoms with Crippen LogP contribution in [0.1, 0.15) is 10.4 Å². The number of carboxylic acid groups (broad SMARTS) is 1. The monoisotopic (exact) mass is 266 g/mol. The molecule has 0 aromatic heterocycles. The van der Waals surface area contributed by atoms with Gasteiger partial charge in [-0.05, 0) is 34.1 Å². The molecule has 0 aliphatic carbocycles. The second-order valence-corrected chi connectivity index (χ2v) is 3.18. The minimum Gasteiger partial charge on any atom is -0.478 e. The zero-order valence-corrected chi connectivity index (χ0v) is 8.29. The molecule has 1 N–H and O–H groups in total. The number of benzene rings is 1. The molecule has 0 aliphatic heterocycles. The molecule has 0 unspecified atom stereocenters. The standard InChI is InChI=1S/C8H5BrF2O3/c9-5-2-1-4(7(12)13)3-6(5)14-8(10)11/h1-3,8H,(H,12,13). The summed E-state index contributed by atoms with van der Waals surface area (Å²) in [6.45, 7) is -2.98. The van der Waals surface area contributed by atoms with Crippen LogP contribution in [0, 0.1) is 0 Å². The van der Waals surface area contributed by atoms with Gasteiger partial charge in [0.15, 0.2) is 0 Å². The Morgan fingerprint density at radius 2 is 2.14 bits per heavy atom. The predicted octanol–water partition coefficient (Wildman–Crippen LogP) is 2.75. The molecule has 3 nitrogen and oxygen atoms in total. The van der Waals surface area contributed by atoms with Crippen molar-refractivity contribution in [1.29, 1.82) is 0 Å². The molecular weight excluding hydrogens is 262 g/mol. The van der Waals surface area contributed by atoms with Crippen LogP contribution in [-0.4, -0.2) is 17.7 Å². The Balaban J connectivity index is 3.02. The summed E-state index contributed by atoms with van der Waals surface area (Å²) in [6, 6.07) is 3.64. The molecule has 0 spiro atoms. The third-order valence-electron chi connectivity index (χ3n) is 1.39. The molecular formula is C8H5BrF2O3. The summed E-state index contributed by atoms with van der Waals surface area (Å²) in [7, 11) is 0. The first-order valence-corrected chi connectivity index (χ1v) is 4.27. The van der Waals surface area contributed by atoms with E-state index in [1.807, 2.05) is 0 Å². The molecule has 0 bridgehead atoms. The van der Waals surface area contributed by atoms with Gasteiger partial charge in [-0.25, -0.2) is 4.79 Å². The van der Waals surface area contributed by atoms with E-state index in [2.05, 4.69) is 20.7 Å². The predicted molar refractivity (Wildman–Crippen MR) is 47.7 cm³/mol. The largest absolute Gasteiger partial charge is 0.478 e. The molecule has 0 saturated carbocycles. The molecule has 6 heteroatoms.